The van der Waals surface area contributed by atoms with E-state index in [4.69, 9.17) is 11.6 Å². The molecule has 1 aliphatic carbocycles. The number of hydrogen-bond donors (Lipinski definition) is 2. The highest BCUT2D eigenvalue weighted by atomic mass is 35.5. The van der Waals surface area contributed by atoms with Crippen LogP contribution < -0.4 is 10.6 Å². The van der Waals surface area contributed by atoms with Gasteiger partial charge in [-0.1, -0.05) is 24.4 Å². The van der Waals surface area contributed by atoms with Gasteiger partial charge in [-0.2, -0.15) is 13.2 Å². The fourth-order valence-electron chi connectivity index (χ4n) is 2.56. The molecule has 0 atom stereocenters. The lowest BCUT2D eigenvalue weighted by atomic mass is 10.2. The molecule has 0 bridgehead atoms. The topological polar surface area (TPSA) is 41.1 Å². The van der Waals surface area contributed by atoms with Crippen LogP contribution in [0.3, 0.4) is 0 Å². The van der Waals surface area contributed by atoms with Crippen LogP contribution in [0.5, 0.6) is 0 Å². The van der Waals surface area contributed by atoms with Crippen LogP contribution >= 0.6 is 11.6 Å². The van der Waals surface area contributed by atoms with E-state index in [1.807, 2.05) is 0 Å². The molecule has 7 heteroatoms. The van der Waals surface area contributed by atoms with Gasteiger partial charge in [-0.3, -0.25) is 4.79 Å². The standard InChI is InChI=1S/C15H18ClF3N2O/c16-13-6-5-11(9-12(13)15(17,18)19)21-14(22)7-8-20-10-3-1-2-4-10/h5-6,9-10,20H,1-4,7-8H2,(H,21,22). The van der Waals surface area contributed by atoms with Crippen molar-refractivity contribution in [1.29, 1.82) is 0 Å². The van der Waals surface area contributed by atoms with E-state index >= 15 is 0 Å². The van der Waals surface area contributed by atoms with E-state index < -0.39 is 11.7 Å². The van der Waals surface area contributed by atoms with Gasteiger partial charge in [-0.15, -0.1) is 0 Å². The van der Waals surface area contributed by atoms with Gasteiger partial charge in [0, 0.05) is 24.7 Å². The maximum Gasteiger partial charge on any atom is 0.417 e. The van der Waals surface area contributed by atoms with E-state index in [-0.39, 0.29) is 23.0 Å². The summed E-state index contributed by atoms with van der Waals surface area (Å²) >= 11 is 5.53. The number of carbonyl (C=O) groups is 1. The number of anilines is 1. The zero-order valence-electron chi connectivity index (χ0n) is 12.0. The predicted molar refractivity (Wildman–Crippen MR) is 80.0 cm³/mol. The minimum Gasteiger partial charge on any atom is -0.326 e. The summed E-state index contributed by atoms with van der Waals surface area (Å²) in [5, 5.41) is 5.37. The van der Waals surface area contributed by atoms with E-state index in [9.17, 15) is 18.0 Å². The molecule has 1 aromatic carbocycles. The van der Waals surface area contributed by atoms with Gasteiger partial charge >= 0.3 is 6.18 Å². The highest BCUT2D eigenvalue weighted by Crippen LogP contribution is 2.36. The molecule has 3 nitrogen and oxygen atoms in total. The van der Waals surface area contributed by atoms with Crippen molar-refractivity contribution in [1.82, 2.24) is 5.32 Å². The van der Waals surface area contributed by atoms with Crippen molar-refractivity contribution in [2.45, 2.75) is 44.3 Å². The van der Waals surface area contributed by atoms with E-state index in [2.05, 4.69) is 10.6 Å². The SMILES string of the molecule is O=C(CCNC1CCCC1)Nc1ccc(Cl)c(C(F)(F)F)c1. The largest absolute Gasteiger partial charge is 0.417 e. The van der Waals surface area contributed by atoms with Gasteiger partial charge in [0.15, 0.2) is 0 Å². The van der Waals surface area contributed by atoms with E-state index in [0.29, 0.717) is 12.6 Å². The zero-order chi connectivity index (χ0) is 16.2. The first-order valence-electron chi connectivity index (χ1n) is 7.26. The quantitative estimate of drug-likeness (QED) is 0.846. The van der Waals surface area contributed by atoms with Gasteiger partial charge in [0.05, 0.1) is 10.6 Å². The molecule has 22 heavy (non-hydrogen) atoms. The summed E-state index contributed by atoms with van der Waals surface area (Å²) in [6, 6.07) is 3.81. The van der Waals surface area contributed by atoms with Gasteiger partial charge < -0.3 is 10.6 Å². The van der Waals surface area contributed by atoms with Gasteiger partial charge in [0.25, 0.3) is 0 Å². The van der Waals surface area contributed by atoms with E-state index in [1.165, 1.54) is 18.9 Å². The molecular formula is C15H18ClF3N2O. The maximum atomic E-state index is 12.7. The normalized spacial score (nSPS) is 16.0. The van der Waals surface area contributed by atoms with Crippen molar-refractivity contribution >= 4 is 23.2 Å². The Hall–Kier alpha value is -1.27. The van der Waals surface area contributed by atoms with Gasteiger partial charge in [0.2, 0.25) is 5.91 Å². The average molecular weight is 335 g/mol. The van der Waals surface area contributed by atoms with Crippen LogP contribution in [-0.4, -0.2) is 18.5 Å². The van der Waals surface area contributed by atoms with Crippen LogP contribution in [0.25, 0.3) is 0 Å². The highest BCUT2D eigenvalue weighted by Gasteiger charge is 2.33. The van der Waals surface area contributed by atoms with Crippen LogP contribution in [0.1, 0.15) is 37.7 Å². The second-order valence-electron chi connectivity index (χ2n) is 5.43. The molecule has 0 radical (unpaired) electrons. The van der Waals surface area contributed by atoms with Gasteiger partial charge in [-0.25, -0.2) is 0 Å². The van der Waals surface area contributed by atoms with Crippen LogP contribution in [0.15, 0.2) is 18.2 Å². The van der Waals surface area contributed by atoms with Crippen molar-refractivity contribution in [2.24, 2.45) is 0 Å². The smallest absolute Gasteiger partial charge is 0.326 e. The Balaban J connectivity index is 1.85. The van der Waals surface area contributed by atoms with Crippen molar-refractivity contribution in [3.05, 3.63) is 28.8 Å². The average Bonchev–Trinajstić information content (AvgIpc) is 2.93. The molecule has 2 N–H and O–H groups in total. The number of alkyl halides is 3. The molecule has 0 heterocycles. The van der Waals surface area contributed by atoms with Crippen LogP contribution in [0, 0.1) is 0 Å². The lowest BCUT2D eigenvalue weighted by Crippen LogP contribution is -2.29. The Bertz CT molecular complexity index is 528. The fourth-order valence-corrected chi connectivity index (χ4v) is 2.79. The summed E-state index contributed by atoms with van der Waals surface area (Å²) in [7, 11) is 0. The lowest BCUT2D eigenvalue weighted by Gasteiger charge is -2.13. The molecule has 0 saturated heterocycles. The minimum atomic E-state index is -4.54. The maximum absolute atomic E-state index is 12.7. The van der Waals surface area contributed by atoms with E-state index in [1.54, 1.807) is 0 Å². The molecule has 1 amide bonds. The van der Waals surface area contributed by atoms with Crippen LogP contribution in [0.2, 0.25) is 5.02 Å². The first-order valence-corrected chi connectivity index (χ1v) is 7.64. The molecule has 0 aromatic heterocycles. The lowest BCUT2D eigenvalue weighted by molar-refractivity contribution is -0.137. The van der Waals surface area contributed by atoms with Gasteiger partial charge in [-0.05, 0) is 31.0 Å². The van der Waals surface area contributed by atoms with Crippen LogP contribution in [0.4, 0.5) is 18.9 Å². The summed E-state index contributed by atoms with van der Waals surface area (Å²) in [6.07, 6.45) is 0.327. The summed E-state index contributed by atoms with van der Waals surface area (Å²) in [5.74, 6) is -0.319. The number of rotatable bonds is 5. The molecule has 1 saturated carbocycles. The third kappa shape index (κ3) is 4.88. The molecule has 1 aromatic rings. The molecular weight excluding hydrogens is 317 g/mol. The van der Waals surface area contributed by atoms with Crippen molar-refractivity contribution < 1.29 is 18.0 Å². The number of amides is 1. The summed E-state index contributed by atoms with van der Waals surface area (Å²) in [5.41, 5.74) is -0.848. The Morgan fingerprint density at radius 2 is 1.95 bits per heavy atom. The zero-order valence-corrected chi connectivity index (χ0v) is 12.7. The number of nitrogens with one attached hydrogen (secondary N) is 2. The first-order chi connectivity index (χ1) is 10.4. The molecule has 2 rings (SSSR count). The first kappa shape index (κ1) is 17.1. The number of halogens is 4. The van der Waals surface area contributed by atoms with Crippen LogP contribution in [-0.2, 0) is 11.0 Å². The fraction of sp³-hybridized carbons (Fsp3) is 0.533. The molecule has 1 fully saturated rings. The number of carbonyl (C=O) groups excluding carboxylic acids is 1. The Kier molecular flexibility index (Phi) is 5.69. The van der Waals surface area contributed by atoms with Gasteiger partial charge in [0.1, 0.15) is 0 Å². The number of hydrogen-bond acceptors (Lipinski definition) is 2. The summed E-state index contributed by atoms with van der Waals surface area (Å²) in [4.78, 5) is 11.8. The highest BCUT2D eigenvalue weighted by molar-refractivity contribution is 6.31. The van der Waals surface area contributed by atoms with E-state index in [0.717, 1.165) is 25.0 Å². The Morgan fingerprint density at radius 1 is 1.27 bits per heavy atom. The summed E-state index contributed by atoms with van der Waals surface area (Å²) < 4.78 is 38.2. The third-order valence-corrected chi connectivity index (χ3v) is 4.03. The van der Waals surface area contributed by atoms with Crippen molar-refractivity contribution in [2.75, 3.05) is 11.9 Å². The van der Waals surface area contributed by atoms with Crippen molar-refractivity contribution in [3.63, 3.8) is 0 Å². The minimum absolute atomic E-state index is 0.0996. The second kappa shape index (κ2) is 7.33. The molecule has 122 valence electrons. The Labute approximate surface area is 132 Å². The molecule has 1 aliphatic rings. The van der Waals surface area contributed by atoms with Crippen molar-refractivity contribution in [3.8, 4) is 0 Å². The molecule has 0 aliphatic heterocycles. The molecule has 0 unspecified atom stereocenters. The third-order valence-electron chi connectivity index (χ3n) is 3.70. The monoisotopic (exact) mass is 334 g/mol. The molecule has 0 spiro atoms. The Morgan fingerprint density at radius 3 is 2.59 bits per heavy atom. The predicted octanol–water partition coefficient (Wildman–Crippen LogP) is 4.22. The number of benzene rings is 1. The second-order valence-corrected chi connectivity index (χ2v) is 5.83. The summed E-state index contributed by atoms with van der Waals surface area (Å²) in [6.45, 7) is 0.524.